The van der Waals surface area contributed by atoms with Crippen molar-refractivity contribution in [3.63, 3.8) is 0 Å². The van der Waals surface area contributed by atoms with Crippen molar-refractivity contribution in [3.05, 3.63) is 30.5 Å². The lowest BCUT2D eigenvalue weighted by atomic mass is 10.2. The van der Waals surface area contributed by atoms with Crippen LogP contribution in [0.1, 0.15) is 0 Å². The van der Waals surface area contributed by atoms with Gasteiger partial charge in [0, 0.05) is 11.5 Å². The molecule has 2 aromatic rings. The average Bonchev–Trinajstić information content (AvgIpc) is 2.36. The largest absolute Gasteiger partial charge is 0.504 e. The zero-order chi connectivity index (χ0) is 6.97. The summed E-state index contributed by atoms with van der Waals surface area (Å²) in [7, 11) is 0. The molecule has 0 atom stereocenters. The Kier molecular flexibility index (Phi) is 0.947. The van der Waals surface area contributed by atoms with Crippen molar-refractivity contribution in [2.75, 3.05) is 0 Å². The van der Waals surface area contributed by atoms with Crippen LogP contribution in [0.3, 0.4) is 0 Å². The van der Waals surface area contributed by atoms with Gasteiger partial charge in [-0.1, -0.05) is 12.1 Å². The predicted octanol–water partition coefficient (Wildman–Crippen LogP) is 1.94. The molecule has 0 aliphatic rings. The molecule has 10 heavy (non-hydrogen) atoms. The fourth-order valence-electron chi connectivity index (χ4n) is 0.914. The molecule has 49 valence electrons. The molecule has 0 spiro atoms. The lowest BCUT2D eigenvalue weighted by Crippen LogP contribution is -1.64. The van der Waals surface area contributed by atoms with Crippen LogP contribution in [0.25, 0.3) is 11.0 Å². The number of para-hydroxylation sites is 1. The number of phenolic OH excluding ortho intramolecular Hbond substituents is 1. The summed E-state index contributed by atoms with van der Waals surface area (Å²) in [6, 6.07) is 8.00. The average molecular weight is 133 g/mol. The van der Waals surface area contributed by atoms with Gasteiger partial charge >= 0.3 is 0 Å². The van der Waals surface area contributed by atoms with Crippen molar-refractivity contribution in [3.8, 4) is 5.75 Å². The van der Waals surface area contributed by atoms with E-state index in [9.17, 15) is 0 Å². The number of rotatable bonds is 0. The molecule has 1 heterocycles. The smallest absolute Gasteiger partial charge is 0.176 e. The number of hydrogen-bond donors (Lipinski definition) is 1. The van der Waals surface area contributed by atoms with Crippen molar-refractivity contribution < 1.29 is 9.52 Å². The fraction of sp³-hybridized carbons (Fsp3) is 0. The van der Waals surface area contributed by atoms with Gasteiger partial charge in [-0.05, 0) is 6.07 Å². The molecule has 2 rings (SSSR count). The molecular weight excluding hydrogens is 128 g/mol. The van der Waals surface area contributed by atoms with Gasteiger partial charge in [-0.2, -0.15) is 0 Å². The van der Waals surface area contributed by atoms with Crippen LogP contribution in [-0.4, -0.2) is 5.11 Å². The molecule has 0 aliphatic carbocycles. The fourth-order valence-corrected chi connectivity index (χ4v) is 0.914. The van der Waals surface area contributed by atoms with E-state index < -0.39 is 0 Å². The summed E-state index contributed by atoms with van der Waals surface area (Å²) in [6.07, 6.45) is 1.43. The first-order chi connectivity index (χ1) is 4.88. The minimum absolute atomic E-state index is 0.166. The van der Waals surface area contributed by atoms with Crippen molar-refractivity contribution in [2.45, 2.75) is 0 Å². The van der Waals surface area contributed by atoms with Gasteiger partial charge in [0.2, 0.25) is 0 Å². The summed E-state index contributed by atoms with van der Waals surface area (Å²) in [5.41, 5.74) is 0.502. The van der Waals surface area contributed by atoms with Crippen molar-refractivity contribution in [2.24, 2.45) is 0 Å². The van der Waals surface area contributed by atoms with E-state index in [0.717, 1.165) is 5.39 Å². The first-order valence-corrected chi connectivity index (χ1v) is 2.95. The molecule has 1 aromatic carbocycles. The number of hydrogen-bond acceptors (Lipinski definition) is 2. The van der Waals surface area contributed by atoms with Crippen LogP contribution in [-0.2, 0) is 0 Å². The minimum Gasteiger partial charge on any atom is -0.504 e. The maximum absolute atomic E-state index is 9.15. The highest BCUT2D eigenvalue weighted by molar-refractivity contribution is 5.81. The molecule has 0 saturated heterocycles. The third-order valence-electron chi connectivity index (χ3n) is 1.39. The summed E-state index contributed by atoms with van der Waals surface area (Å²) in [5.74, 6) is 0.166. The maximum atomic E-state index is 9.15. The molecule has 0 aliphatic heterocycles. The van der Waals surface area contributed by atoms with Gasteiger partial charge in [-0.25, -0.2) is 0 Å². The zero-order valence-electron chi connectivity index (χ0n) is 5.16. The van der Waals surface area contributed by atoms with E-state index in [2.05, 4.69) is 6.07 Å². The van der Waals surface area contributed by atoms with Crippen LogP contribution >= 0.6 is 0 Å². The number of furan rings is 1. The minimum atomic E-state index is 0.166. The monoisotopic (exact) mass is 133 g/mol. The van der Waals surface area contributed by atoms with Crippen LogP contribution < -0.4 is 0 Å². The van der Waals surface area contributed by atoms with Gasteiger partial charge in [0.05, 0.1) is 6.26 Å². The van der Waals surface area contributed by atoms with Crippen molar-refractivity contribution >= 4 is 11.0 Å². The van der Waals surface area contributed by atoms with Crippen LogP contribution in [0.5, 0.6) is 5.75 Å². The Morgan fingerprint density at radius 3 is 3.10 bits per heavy atom. The molecule has 1 N–H and O–H groups in total. The predicted molar refractivity (Wildman–Crippen MR) is 36.7 cm³/mol. The van der Waals surface area contributed by atoms with Crippen molar-refractivity contribution in [1.82, 2.24) is 0 Å². The Morgan fingerprint density at radius 2 is 2.30 bits per heavy atom. The normalized spacial score (nSPS) is 10.4. The second-order valence-corrected chi connectivity index (χ2v) is 2.03. The van der Waals surface area contributed by atoms with E-state index in [4.69, 9.17) is 9.52 Å². The van der Waals surface area contributed by atoms with Gasteiger partial charge < -0.3 is 9.52 Å². The van der Waals surface area contributed by atoms with Gasteiger partial charge in [0.15, 0.2) is 11.3 Å². The Bertz CT molecular complexity index is 349. The summed E-state index contributed by atoms with van der Waals surface area (Å²) in [6.45, 7) is 0. The van der Waals surface area contributed by atoms with Crippen LogP contribution in [0.15, 0.2) is 28.9 Å². The molecule has 2 heteroatoms. The molecule has 1 radical (unpaired) electrons. The van der Waals surface area contributed by atoms with E-state index in [0.29, 0.717) is 5.58 Å². The lowest BCUT2D eigenvalue weighted by Gasteiger charge is -1.89. The highest BCUT2D eigenvalue weighted by Gasteiger charge is 1.99. The molecular formula is C8H5O2. The third kappa shape index (κ3) is 0.589. The molecule has 0 unspecified atom stereocenters. The lowest BCUT2D eigenvalue weighted by molar-refractivity contribution is 0.465. The number of aromatic hydroxyl groups is 1. The summed E-state index contributed by atoms with van der Waals surface area (Å²) in [4.78, 5) is 0. The van der Waals surface area contributed by atoms with Gasteiger partial charge in [-0.15, -0.1) is 0 Å². The molecule has 0 fully saturated rings. The topological polar surface area (TPSA) is 33.4 Å². The molecule has 0 saturated carbocycles. The Hall–Kier alpha value is -1.44. The summed E-state index contributed by atoms with van der Waals surface area (Å²) in [5, 5.41) is 9.95. The Labute approximate surface area is 57.7 Å². The van der Waals surface area contributed by atoms with Gasteiger partial charge in [0.1, 0.15) is 0 Å². The van der Waals surface area contributed by atoms with Crippen LogP contribution in [0.2, 0.25) is 0 Å². The number of benzene rings is 1. The highest BCUT2D eigenvalue weighted by atomic mass is 16.3. The van der Waals surface area contributed by atoms with E-state index >= 15 is 0 Å². The van der Waals surface area contributed by atoms with E-state index in [1.165, 1.54) is 6.26 Å². The molecule has 2 nitrogen and oxygen atoms in total. The first-order valence-electron chi connectivity index (χ1n) is 2.95. The Balaban J connectivity index is 2.95. The van der Waals surface area contributed by atoms with Crippen LogP contribution in [0.4, 0.5) is 0 Å². The standard InChI is InChI=1S/C8H5O2/c9-7-3-1-2-6-4-5-10-8(6)7/h1-3,5,9H. The van der Waals surface area contributed by atoms with E-state index in [1.54, 1.807) is 12.1 Å². The summed E-state index contributed by atoms with van der Waals surface area (Å²) < 4.78 is 4.94. The van der Waals surface area contributed by atoms with E-state index in [-0.39, 0.29) is 5.75 Å². The Morgan fingerprint density at radius 1 is 1.40 bits per heavy atom. The van der Waals surface area contributed by atoms with E-state index in [1.807, 2.05) is 6.07 Å². The number of fused-ring (bicyclic) bond motifs is 1. The molecule has 0 amide bonds. The SMILES string of the molecule is Oc1cccc2[c]coc12. The summed E-state index contributed by atoms with van der Waals surface area (Å²) >= 11 is 0. The van der Waals surface area contributed by atoms with Gasteiger partial charge in [0.25, 0.3) is 0 Å². The highest BCUT2D eigenvalue weighted by Crippen LogP contribution is 2.23. The maximum Gasteiger partial charge on any atom is 0.176 e. The third-order valence-corrected chi connectivity index (χ3v) is 1.39. The second-order valence-electron chi connectivity index (χ2n) is 2.03. The number of phenols is 1. The zero-order valence-corrected chi connectivity index (χ0v) is 5.16. The quantitative estimate of drug-likeness (QED) is 0.595. The van der Waals surface area contributed by atoms with Crippen LogP contribution in [0, 0.1) is 6.07 Å². The molecule has 1 aromatic heterocycles. The van der Waals surface area contributed by atoms with Crippen molar-refractivity contribution in [1.29, 1.82) is 0 Å². The van der Waals surface area contributed by atoms with Gasteiger partial charge in [-0.3, -0.25) is 0 Å². The first kappa shape index (κ1) is 5.35. The molecule has 0 bridgehead atoms. The second kappa shape index (κ2) is 1.77.